The first-order valence-corrected chi connectivity index (χ1v) is 6.69. The molecule has 2 saturated carbocycles. The van der Waals surface area contributed by atoms with Gasteiger partial charge in [0.1, 0.15) is 0 Å². The fourth-order valence-corrected chi connectivity index (χ4v) is 4.66. The first-order chi connectivity index (χ1) is 8.11. The molecule has 88 valence electrons. The number of nitrogens with two attached hydrogens (primary N) is 1. The van der Waals surface area contributed by atoms with Gasteiger partial charge in [-0.3, -0.25) is 0 Å². The number of hydrogen-bond donors (Lipinski definition) is 1. The SMILES string of the molecule is CC1(N)CCCC23CC12C=Cc1ccccc13. The maximum absolute atomic E-state index is 6.61. The van der Waals surface area contributed by atoms with Crippen LogP contribution in [0.15, 0.2) is 30.3 Å². The molecule has 0 aromatic heterocycles. The molecule has 0 amide bonds. The number of hydrogen-bond acceptors (Lipinski definition) is 1. The van der Waals surface area contributed by atoms with Crippen LogP contribution in [-0.4, -0.2) is 5.54 Å². The third-order valence-electron chi connectivity index (χ3n) is 5.65. The summed E-state index contributed by atoms with van der Waals surface area (Å²) < 4.78 is 0. The second kappa shape index (κ2) is 2.67. The van der Waals surface area contributed by atoms with E-state index >= 15 is 0 Å². The molecule has 3 aliphatic rings. The van der Waals surface area contributed by atoms with E-state index in [1.54, 1.807) is 5.56 Å². The summed E-state index contributed by atoms with van der Waals surface area (Å²) in [6.45, 7) is 2.26. The highest BCUT2D eigenvalue weighted by atomic mass is 14.9. The molecule has 0 aliphatic heterocycles. The van der Waals surface area contributed by atoms with Crippen LogP contribution in [0.25, 0.3) is 6.08 Å². The second-order valence-corrected chi connectivity index (χ2v) is 6.42. The molecule has 17 heavy (non-hydrogen) atoms. The first-order valence-electron chi connectivity index (χ1n) is 6.69. The first kappa shape index (κ1) is 9.90. The van der Waals surface area contributed by atoms with Gasteiger partial charge in [-0.15, -0.1) is 0 Å². The van der Waals surface area contributed by atoms with Crippen molar-refractivity contribution in [2.75, 3.05) is 0 Å². The fourth-order valence-electron chi connectivity index (χ4n) is 4.66. The lowest BCUT2D eigenvalue weighted by atomic mass is 9.63. The minimum absolute atomic E-state index is 0.0186. The average molecular weight is 225 g/mol. The van der Waals surface area contributed by atoms with E-state index in [-0.39, 0.29) is 11.0 Å². The van der Waals surface area contributed by atoms with Crippen molar-refractivity contribution >= 4 is 6.08 Å². The fraction of sp³-hybridized carbons (Fsp3) is 0.500. The van der Waals surface area contributed by atoms with Gasteiger partial charge in [0.05, 0.1) is 0 Å². The molecule has 0 bridgehead atoms. The van der Waals surface area contributed by atoms with E-state index in [1.165, 1.54) is 31.2 Å². The van der Waals surface area contributed by atoms with E-state index in [2.05, 4.69) is 43.3 Å². The highest BCUT2D eigenvalue weighted by Gasteiger charge is 2.74. The lowest BCUT2D eigenvalue weighted by molar-refractivity contribution is 0.212. The molecule has 1 aromatic carbocycles. The Morgan fingerprint density at radius 2 is 2.00 bits per heavy atom. The average Bonchev–Trinajstić information content (AvgIpc) is 3.01. The lowest BCUT2D eigenvalue weighted by Crippen LogP contribution is -2.51. The minimum atomic E-state index is -0.0186. The zero-order chi connectivity index (χ0) is 11.7. The molecule has 3 atom stereocenters. The van der Waals surface area contributed by atoms with Gasteiger partial charge in [0, 0.05) is 16.4 Å². The third kappa shape index (κ3) is 0.924. The van der Waals surface area contributed by atoms with Gasteiger partial charge in [-0.05, 0) is 37.3 Å². The number of fused-ring (bicyclic) bond motifs is 1. The van der Waals surface area contributed by atoms with Crippen LogP contribution in [0.4, 0.5) is 0 Å². The van der Waals surface area contributed by atoms with Crippen molar-refractivity contribution in [3.8, 4) is 0 Å². The van der Waals surface area contributed by atoms with E-state index < -0.39 is 0 Å². The van der Waals surface area contributed by atoms with Gasteiger partial charge in [0.2, 0.25) is 0 Å². The van der Waals surface area contributed by atoms with Gasteiger partial charge in [0.25, 0.3) is 0 Å². The van der Waals surface area contributed by atoms with Crippen molar-refractivity contribution in [3.05, 3.63) is 41.5 Å². The number of rotatable bonds is 0. The Labute approximate surface area is 103 Å². The topological polar surface area (TPSA) is 26.0 Å². The summed E-state index contributed by atoms with van der Waals surface area (Å²) in [6, 6.07) is 8.88. The lowest BCUT2D eigenvalue weighted by Gasteiger charge is -2.44. The molecular weight excluding hydrogens is 206 g/mol. The van der Waals surface area contributed by atoms with Crippen molar-refractivity contribution in [1.82, 2.24) is 0 Å². The molecule has 2 fully saturated rings. The van der Waals surface area contributed by atoms with E-state index in [0.717, 1.165) is 0 Å². The molecule has 1 heteroatoms. The van der Waals surface area contributed by atoms with Crippen LogP contribution in [0.2, 0.25) is 0 Å². The van der Waals surface area contributed by atoms with Crippen LogP contribution in [0.1, 0.15) is 43.7 Å². The van der Waals surface area contributed by atoms with E-state index in [4.69, 9.17) is 5.73 Å². The molecule has 1 aromatic rings. The normalized spacial score (nSPS) is 45.8. The quantitative estimate of drug-likeness (QED) is 0.720. The Kier molecular flexibility index (Phi) is 1.55. The molecule has 2 N–H and O–H groups in total. The molecule has 0 heterocycles. The summed E-state index contributed by atoms with van der Waals surface area (Å²) in [5, 5.41) is 0. The van der Waals surface area contributed by atoms with Gasteiger partial charge >= 0.3 is 0 Å². The molecule has 4 rings (SSSR count). The maximum Gasteiger partial charge on any atom is 0.0226 e. The Bertz CT molecular complexity index is 528. The highest BCUT2D eigenvalue weighted by Crippen LogP contribution is 2.76. The van der Waals surface area contributed by atoms with E-state index in [9.17, 15) is 0 Å². The third-order valence-corrected chi connectivity index (χ3v) is 5.65. The smallest absolute Gasteiger partial charge is 0.0226 e. The van der Waals surface area contributed by atoms with Gasteiger partial charge in [-0.2, -0.15) is 0 Å². The molecule has 3 aliphatic carbocycles. The monoisotopic (exact) mass is 225 g/mol. The molecule has 3 unspecified atom stereocenters. The largest absolute Gasteiger partial charge is 0.325 e. The molecule has 0 saturated heterocycles. The van der Waals surface area contributed by atoms with Crippen molar-refractivity contribution < 1.29 is 0 Å². The van der Waals surface area contributed by atoms with Gasteiger partial charge in [-0.1, -0.05) is 42.8 Å². The molecule has 0 spiro atoms. The molecule has 0 radical (unpaired) electrons. The highest BCUT2D eigenvalue weighted by molar-refractivity contribution is 5.67. The Hall–Kier alpha value is -1.08. The Balaban J connectivity index is 1.96. The zero-order valence-corrected chi connectivity index (χ0v) is 10.4. The van der Waals surface area contributed by atoms with Gasteiger partial charge in [0.15, 0.2) is 0 Å². The van der Waals surface area contributed by atoms with Gasteiger partial charge < -0.3 is 5.73 Å². The predicted octanol–water partition coefficient (Wildman–Crippen LogP) is 3.24. The molecule has 1 nitrogen and oxygen atoms in total. The maximum atomic E-state index is 6.61. The standard InChI is InChI=1S/C16H19N/c1-14(17)8-4-9-15-11-16(14,15)10-7-12-5-2-3-6-13(12)15/h2-3,5-7,10H,4,8-9,11,17H2,1H3. The second-order valence-electron chi connectivity index (χ2n) is 6.42. The summed E-state index contributed by atoms with van der Waals surface area (Å²) in [4.78, 5) is 0. The summed E-state index contributed by atoms with van der Waals surface area (Å²) in [6.07, 6.45) is 9.76. The molecular formula is C16H19N. The Morgan fingerprint density at radius 1 is 1.18 bits per heavy atom. The minimum Gasteiger partial charge on any atom is -0.325 e. The predicted molar refractivity (Wildman–Crippen MR) is 70.6 cm³/mol. The van der Waals surface area contributed by atoms with E-state index in [0.29, 0.717) is 5.41 Å². The summed E-state index contributed by atoms with van der Waals surface area (Å²) in [5.41, 5.74) is 10.2. The van der Waals surface area contributed by atoms with Crippen LogP contribution in [0.3, 0.4) is 0 Å². The van der Waals surface area contributed by atoms with Crippen molar-refractivity contribution in [3.63, 3.8) is 0 Å². The van der Waals surface area contributed by atoms with Crippen molar-refractivity contribution in [2.24, 2.45) is 11.1 Å². The summed E-state index contributed by atoms with van der Waals surface area (Å²) >= 11 is 0. The van der Waals surface area contributed by atoms with Crippen LogP contribution < -0.4 is 5.73 Å². The Morgan fingerprint density at radius 3 is 2.88 bits per heavy atom. The van der Waals surface area contributed by atoms with Crippen molar-refractivity contribution in [1.29, 1.82) is 0 Å². The summed E-state index contributed by atoms with van der Waals surface area (Å²) in [5.74, 6) is 0. The van der Waals surface area contributed by atoms with Crippen molar-refractivity contribution in [2.45, 2.75) is 43.6 Å². The van der Waals surface area contributed by atoms with Crippen LogP contribution in [0.5, 0.6) is 0 Å². The zero-order valence-electron chi connectivity index (χ0n) is 10.4. The van der Waals surface area contributed by atoms with Gasteiger partial charge in [-0.25, -0.2) is 0 Å². The van der Waals surface area contributed by atoms with Crippen LogP contribution in [0, 0.1) is 5.41 Å². The van der Waals surface area contributed by atoms with Crippen LogP contribution in [-0.2, 0) is 5.41 Å². The van der Waals surface area contributed by atoms with E-state index in [1.807, 2.05) is 0 Å². The van der Waals surface area contributed by atoms with Crippen LogP contribution >= 0.6 is 0 Å². The summed E-state index contributed by atoms with van der Waals surface area (Å²) in [7, 11) is 0. The number of benzene rings is 1.